The molecule has 0 amide bonds. The molecular weight excluding hydrogens is 428 g/mol. The molecule has 1 heterocycles. The molecule has 2 aromatic carbocycles. The van der Waals surface area contributed by atoms with Crippen molar-refractivity contribution in [3.8, 4) is 22.6 Å². The molecule has 7 nitrogen and oxygen atoms in total. The Morgan fingerprint density at radius 3 is 2.42 bits per heavy atom. The van der Waals surface area contributed by atoms with Crippen LogP contribution in [-0.4, -0.2) is 25.8 Å². The van der Waals surface area contributed by atoms with Gasteiger partial charge >= 0.3 is 0 Å². The van der Waals surface area contributed by atoms with E-state index < -0.39 is 21.7 Å². The molecule has 0 saturated carbocycles. The fourth-order valence-electron chi connectivity index (χ4n) is 2.87. The highest BCUT2D eigenvalue weighted by molar-refractivity contribution is 7.92. The third-order valence-electron chi connectivity index (χ3n) is 4.51. The summed E-state index contributed by atoms with van der Waals surface area (Å²) in [7, 11) is -0.382. The zero-order valence-corrected chi connectivity index (χ0v) is 17.9. The monoisotopic (exact) mass is 449 g/mol. The molecule has 1 aromatic heterocycles. The molecule has 0 aliphatic rings. The minimum atomic E-state index is -3.54. The molecule has 0 unspecified atom stereocenters. The summed E-state index contributed by atoms with van der Waals surface area (Å²) in [5.41, 5.74) is 1.22. The van der Waals surface area contributed by atoms with Crippen LogP contribution in [0.1, 0.15) is 6.92 Å². The fraction of sp³-hybridized carbons (Fsp3) is 0.190. The number of ether oxygens (including phenoxy) is 1. The number of anilines is 2. The van der Waals surface area contributed by atoms with Gasteiger partial charge < -0.3 is 14.6 Å². The van der Waals surface area contributed by atoms with E-state index >= 15 is 0 Å². The van der Waals surface area contributed by atoms with E-state index in [4.69, 9.17) is 4.74 Å². The van der Waals surface area contributed by atoms with Gasteiger partial charge in [0.2, 0.25) is 10.0 Å². The number of hydrogen-bond donors (Lipinski definition) is 2. The Kier molecular flexibility index (Phi) is 6.30. The lowest BCUT2D eigenvalue weighted by molar-refractivity contribution is 0.439. The summed E-state index contributed by atoms with van der Waals surface area (Å²) in [6.07, 6.45) is 1.55. The average Bonchev–Trinajstić information content (AvgIpc) is 2.72. The number of benzene rings is 2. The Hall–Kier alpha value is -3.40. The van der Waals surface area contributed by atoms with Crippen LogP contribution in [0, 0.1) is 11.6 Å². The van der Waals surface area contributed by atoms with Gasteiger partial charge in [-0.15, -0.1) is 0 Å². The molecule has 3 rings (SSSR count). The smallest absolute Gasteiger partial charge is 0.273 e. The molecule has 0 fully saturated rings. The number of nitrogens with zero attached hydrogens (tertiary/aromatic N) is 1. The van der Waals surface area contributed by atoms with Crippen LogP contribution < -0.4 is 20.3 Å². The van der Waals surface area contributed by atoms with Crippen molar-refractivity contribution in [3.05, 3.63) is 70.6 Å². The van der Waals surface area contributed by atoms with Gasteiger partial charge in [-0.2, -0.15) is 0 Å². The van der Waals surface area contributed by atoms with Gasteiger partial charge in [0.15, 0.2) is 11.6 Å². The summed E-state index contributed by atoms with van der Waals surface area (Å²) in [6.45, 7) is 1.50. The van der Waals surface area contributed by atoms with Gasteiger partial charge in [-0.3, -0.25) is 9.52 Å². The molecule has 0 atom stereocenters. The van der Waals surface area contributed by atoms with Crippen molar-refractivity contribution in [2.75, 3.05) is 22.8 Å². The van der Waals surface area contributed by atoms with Gasteiger partial charge in [0.1, 0.15) is 17.3 Å². The zero-order chi connectivity index (χ0) is 22.8. The lowest BCUT2D eigenvalue weighted by Crippen LogP contribution is -2.19. The second-order valence-corrected chi connectivity index (χ2v) is 8.71. The first-order valence-electron chi connectivity index (χ1n) is 9.29. The molecule has 0 spiro atoms. The van der Waals surface area contributed by atoms with Crippen molar-refractivity contribution in [1.82, 2.24) is 4.57 Å². The van der Waals surface area contributed by atoms with Gasteiger partial charge in [-0.25, -0.2) is 17.2 Å². The number of hydrogen-bond acceptors (Lipinski definition) is 5. The van der Waals surface area contributed by atoms with Crippen LogP contribution in [0.3, 0.4) is 0 Å². The van der Waals surface area contributed by atoms with Gasteiger partial charge in [0, 0.05) is 43.2 Å². The van der Waals surface area contributed by atoms with E-state index in [1.807, 2.05) is 0 Å². The summed E-state index contributed by atoms with van der Waals surface area (Å²) in [6, 6.07) is 8.94. The molecule has 3 aromatic rings. The predicted molar refractivity (Wildman–Crippen MR) is 116 cm³/mol. The molecule has 0 aliphatic heterocycles. The van der Waals surface area contributed by atoms with E-state index in [1.165, 1.54) is 29.7 Å². The molecule has 0 saturated heterocycles. The van der Waals surface area contributed by atoms with Crippen molar-refractivity contribution in [1.29, 1.82) is 0 Å². The van der Waals surface area contributed by atoms with Crippen molar-refractivity contribution in [2.24, 2.45) is 7.05 Å². The predicted octanol–water partition coefficient (Wildman–Crippen LogP) is 3.93. The SMILES string of the molecule is CCS(=O)(=O)Nc1ccc(Oc2ccc(F)cc2F)c(-c2cc(NC)c(=O)n(C)c2)c1. The molecule has 0 aliphatic carbocycles. The Balaban J connectivity index is 2.17. The Labute approximate surface area is 178 Å². The maximum atomic E-state index is 14.1. The molecule has 31 heavy (non-hydrogen) atoms. The van der Waals surface area contributed by atoms with E-state index in [2.05, 4.69) is 10.0 Å². The summed E-state index contributed by atoms with van der Waals surface area (Å²) < 4.78 is 60.8. The van der Waals surface area contributed by atoms with Crippen LogP contribution >= 0.6 is 0 Å². The summed E-state index contributed by atoms with van der Waals surface area (Å²) in [5.74, 6) is -1.77. The molecule has 0 radical (unpaired) electrons. The maximum Gasteiger partial charge on any atom is 0.273 e. The lowest BCUT2D eigenvalue weighted by Gasteiger charge is -2.16. The standard InChI is InChI=1S/C21H21F2N3O4S/c1-4-31(28,29)25-15-6-8-19(30-20-7-5-14(22)10-17(20)23)16(11-15)13-9-18(24-2)21(27)26(3)12-13/h5-12,24-25H,4H2,1-3H3. The summed E-state index contributed by atoms with van der Waals surface area (Å²) in [4.78, 5) is 12.2. The lowest BCUT2D eigenvalue weighted by atomic mass is 10.0. The summed E-state index contributed by atoms with van der Waals surface area (Å²) in [5, 5.41) is 2.81. The van der Waals surface area contributed by atoms with Crippen LogP contribution in [-0.2, 0) is 17.1 Å². The van der Waals surface area contributed by atoms with E-state index in [1.54, 1.807) is 26.4 Å². The van der Waals surface area contributed by atoms with Crippen LogP contribution in [0.4, 0.5) is 20.2 Å². The van der Waals surface area contributed by atoms with Crippen molar-refractivity contribution >= 4 is 21.4 Å². The van der Waals surface area contributed by atoms with E-state index in [0.717, 1.165) is 12.1 Å². The van der Waals surface area contributed by atoms with E-state index in [-0.39, 0.29) is 28.5 Å². The van der Waals surface area contributed by atoms with Crippen molar-refractivity contribution in [2.45, 2.75) is 6.92 Å². The average molecular weight is 449 g/mol. The first-order chi connectivity index (χ1) is 14.6. The maximum absolute atomic E-state index is 14.1. The molecule has 164 valence electrons. The minimum absolute atomic E-state index is 0.120. The Bertz CT molecular complexity index is 1290. The number of aromatic nitrogens is 1. The largest absolute Gasteiger partial charge is 0.454 e. The van der Waals surface area contributed by atoms with Gasteiger partial charge in [-0.05, 0) is 43.3 Å². The van der Waals surface area contributed by atoms with Gasteiger partial charge in [0.25, 0.3) is 5.56 Å². The van der Waals surface area contributed by atoms with Gasteiger partial charge in [-0.1, -0.05) is 0 Å². The number of rotatable bonds is 7. The number of sulfonamides is 1. The molecule has 0 bridgehead atoms. The Morgan fingerprint density at radius 2 is 1.77 bits per heavy atom. The third-order valence-corrected chi connectivity index (χ3v) is 5.82. The number of halogens is 2. The van der Waals surface area contributed by atoms with E-state index in [9.17, 15) is 22.0 Å². The highest BCUT2D eigenvalue weighted by Crippen LogP contribution is 2.37. The molecule has 10 heteroatoms. The van der Waals surface area contributed by atoms with E-state index in [0.29, 0.717) is 22.9 Å². The second kappa shape index (κ2) is 8.76. The topological polar surface area (TPSA) is 89.4 Å². The normalized spacial score (nSPS) is 11.3. The number of aryl methyl sites for hydroxylation is 1. The highest BCUT2D eigenvalue weighted by Gasteiger charge is 2.16. The van der Waals surface area contributed by atoms with Crippen LogP contribution in [0.5, 0.6) is 11.5 Å². The van der Waals surface area contributed by atoms with Crippen LogP contribution in [0.15, 0.2) is 53.5 Å². The van der Waals surface area contributed by atoms with Crippen molar-refractivity contribution in [3.63, 3.8) is 0 Å². The molecule has 2 N–H and O–H groups in total. The minimum Gasteiger partial charge on any atom is -0.454 e. The number of nitrogens with one attached hydrogen (secondary N) is 2. The first kappa shape index (κ1) is 22.3. The Morgan fingerprint density at radius 1 is 1.06 bits per heavy atom. The van der Waals surface area contributed by atoms with Crippen LogP contribution in [0.25, 0.3) is 11.1 Å². The number of pyridine rings is 1. The molecular formula is C21H21F2N3O4S. The third kappa shape index (κ3) is 5.02. The fourth-order valence-corrected chi connectivity index (χ4v) is 3.50. The first-order valence-corrected chi connectivity index (χ1v) is 10.9. The van der Waals surface area contributed by atoms with Gasteiger partial charge in [0.05, 0.1) is 5.75 Å². The summed E-state index contributed by atoms with van der Waals surface area (Å²) >= 11 is 0. The highest BCUT2D eigenvalue weighted by atomic mass is 32.2. The zero-order valence-electron chi connectivity index (χ0n) is 17.1. The van der Waals surface area contributed by atoms with Crippen LogP contribution in [0.2, 0.25) is 0 Å². The quantitative estimate of drug-likeness (QED) is 0.571. The van der Waals surface area contributed by atoms with Crippen molar-refractivity contribution < 1.29 is 21.9 Å². The second-order valence-electron chi connectivity index (χ2n) is 6.70.